The van der Waals surface area contributed by atoms with Crippen LogP contribution in [0, 0.1) is 0 Å². The minimum absolute atomic E-state index is 0.239. The lowest BCUT2D eigenvalue weighted by Crippen LogP contribution is -2.52. The number of carbonyl (C=O) groups excluding carboxylic acids is 3. The third-order valence-electron chi connectivity index (χ3n) is 4.69. The van der Waals surface area contributed by atoms with Gasteiger partial charge in [-0.25, -0.2) is 9.97 Å². The molecule has 9 heteroatoms. The first-order valence-electron chi connectivity index (χ1n) is 8.50. The summed E-state index contributed by atoms with van der Waals surface area (Å²) in [4.78, 5) is 50.7. The molecule has 1 fully saturated rings. The molecule has 4 rings (SSSR count). The minimum atomic E-state index is -0.430. The summed E-state index contributed by atoms with van der Waals surface area (Å²) in [5.41, 5.74) is 0.662. The van der Waals surface area contributed by atoms with E-state index in [1.165, 1.54) is 0 Å². The van der Waals surface area contributed by atoms with E-state index in [0.29, 0.717) is 43.3 Å². The molecular formula is C18H16BrN5O3. The largest absolute Gasteiger partial charge is 0.338 e. The van der Waals surface area contributed by atoms with Crippen molar-refractivity contribution in [1.82, 2.24) is 19.8 Å². The summed E-state index contributed by atoms with van der Waals surface area (Å²) in [6.07, 6.45) is 3.36. The summed E-state index contributed by atoms with van der Waals surface area (Å²) < 4.78 is 0.717. The number of amides is 3. The number of hydrogen-bond acceptors (Lipinski definition) is 6. The molecule has 0 radical (unpaired) electrons. The third kappa shape index (κ3) is 3.30. The summed E-state index contributed by atoms with van der Waals surface area (Å²) in [5.74, 6) is -0.458. The zero-order valence-corrected chi connectivity index (χ0v) is 15.9. The van der Waals surface area contributed by atoms with Gasteiger partial charge in [0.25, 0.3) is 11.8 Å². The third-order valence-corrected chi connectivity index (χ3v) is 5.19. The van der Waals surface area contributed by atoms with Crippen LogP contribution in [0.25, 0.3) is 0 Å². The molecule has 1 aromatic heterocycles. The zero-order chi connectivity index (χ0) is 19.0. The van der Waals surface area contributed by atoms with Crippen molar-refractivity contribution in [2.45, 2.75) is 0 Å². The van der Waals surface area contributed by atoms with Crippen molar-refractivity contribution in [3.8, 4) is 0 Å². The summed E-state index contributed by atoms with van der Waals surface area (Å²) >= 11 is 3.30. The Hall–Kier alpha value is -2.81. The van der Waals surface area contributed by atoms with Gasteiger partial charge in [-0.2, -0.15) is 0 Å². The average molecular weight is 430 g/mol. The molecule has 27 heavy (non-hydrogen) atoms. The van der Waals surface area contributed by atoms with E-state index >= 15 is 0 Å². The summed E-state index contributed by atoms with van der Waals surface area (Å²) in [7, 11) is 0. The van der Waals surface area contributed by atoms with E-state index in [1.807, 2.05) is 4.90 Å². The number of rotatable bonds is 3. The lowest BCUT2D eigenvalue weighted by molar-refractivity contribution is -0.131. The average Bonchev–Trinajstić information content (AvgIpc) is 2.93. The van der Waals surface area contributed by atoms with Gasteiger partial charge in [-0.3, -0.25) is 19.3 Å². The van der Waals surface area contributed by atoms with Crippen molar-refractivity contribution in [3.63, 3.8) is 0 Å². The molecule has 0 unspecified atom stereocenters. The molecule has 2 aliphatic rings. The van der Waals surface area contributed by atoms with Crippen molar-refractivity contribution >= 4 is 39.6 Å². The lowest BCUT2D eigenvalue weighted by Gasteiger charge is -2.35. The number of halogens is 1. The van der Waals surface area contributed by atoms with Gasteiger partial charge in [0.1, 0.15) is 6.54 Å². The SMILES string of the molecule is O=C(CN1C(=O)c2ccc(Br)cc2C1=O)N1CCN(c2ncccn2)CC1. The summed E-state index contributed by atoms with van der Waals surface area (Å²) in [6.45, 7) is 1.94. The van der Waals surface area contributed by atoms with E-state index in [0.717, 1.165) is 9.37 Å². The van der Waals surface area contributed by atoms with Crippen LogP contribution in [-0.2, 0) is 4.79 Å². The molecule has 0 aliphatic carbocycles. The van der Waals surface area contributed by atoms with Gasteiger partial charge in [0, 0.05) is 43.0 Å². The van der Waals surface area contributed by atoms with Crippen molar-refractivity contribution < 1.29 is 14.4 Å². The van der Waals surface area contributed by atoms with Crippen LogP contribution >= 0.6 is 15.9 Å². The van der Waals surface area contributed by atoms with Crippen molar-refractivity contribution in [3.05, 3.63) is 52.3 Å². The van der Waals surface area contributed by atoms with Gasteiger partial charge in [-0.05, 0) is 24.3 Å². The number of hydrogen-bond donors (Lipinski definition) is 0. The Kier molecular flexibility index (Phi) is 4.61. The minimum Gasteiger partial charge on any atom is -0.338 e. The Morgan fingerprint density at radius 3 is 2.37 bits per heavy atom. The number of nitrogens with zero attached hydrogens (tertiary/aromatic N) is 5. The molecule has 3 amide bonds. The molecule has 3 heterocycles. The van der Waals surface area contributed by atoms with Gasteiger partial charge in [0.15, 0.2) is 0 Å². The van der Waals surface area contributed by atoms with E-state index in [-0.39, 0.29) is 12.5 Å². The first-order valence-corrected chi connectivity index (χ1v) is 9.29. The van der Waals surface area contributed by atoms with Gasteiger partial charge in [-0.15, -0.1) is 0 Å². The number of imide groups is 1. The molecule has 1 aromatic carbocycles. The molecule has 0 atom stereocenters. The summed E-state index contributed by atoms with van der Waals surface area (Å²) in [5, 5.41) is 0. The fourth-order valence-corrected chi connectivity index (χ4v) is 3.61. The highest BCUT2D eigenvalue weighted by Gasteiger charge is 2.37. The van der Waals surface area contributed by atoms with Crippen molar-refractivity contribution in [1.29, 1.82) is 0 Å². The number of fused-ring (bicyclic) bond motifs is 1. The number of benzene rings is 1. The van der Waals surface area contributed by atoms with Crippen molar-refractivity contribution in [2.75, 3.05) is 37.6 Å². The lowest BCUT2D eigenvalue weighted by atomic mass is 10.1. The number of piperazine rings is 1. The van der Waals surface area contributed by atoms with Crippen molar-refractivity contribution in [2.24, 2.45) is 0 Å². The number of aromatic nitrogens is 2. The Balaban J connectivity index is 1.39. The topological polar surface area (TPSA) is 86.7 Å². The maximum Gasteiger partial charge on any atom is 0.262 e. The predicted octanol–water partition coefficient (Wildman–Crippen LogP) is 1.18. The van der Waals surface area contributed by atoms with Crippen LogP contribution in [0.15, 0.2) is 41.1 Å². The van der Waals surface area contributed by atoms with Crippen LogP contribution in [0.5, 0.6) is 0 Å². The van der Waals surface area contributed by atoms with E-state index < -0.39 is 11.8 Å². The first-order chi connectivity index (χ1) is 13.0. The number of anilines is 1. The molecule has 2 aromatic rings. The number of carbonyl (C=O) groups is 3. The van der Waals surface area contributed by atoms with Gasteiger partial charge in [0.2, 0.25) is 11.9 Å². The smallest absolute Gasteiger partial charge is 0.262 e. The highest BCUT2D eigenvalue weighted by atomic mass is 79.9. The van der Waals surface area contributed by atoms with Gasteiger partial charge in [-0.1, -0.05) is 15.9 Å². The van der Waals surface area contributed by atoms with Crippen LogP contribution in [-0.4, -0.2) is 70.2 Å². The van der Waals surface area contributed by atoms with Crippen LogP contribution in [0.2, 0.25) is 0 Å². The fourth-order valence-electron chi connectivity index (χ4n) is 3.25. The molecular weight excluding hydrogens is 414 g/mol. The molecule has 138 valence electrons. The Labute approximate surface area is 163 Å². The van der Waals surface area contributed by atoms with Gasteiger partial charge >= 0.3 is 0 Å². The molecule has 1 saturated heterocycles. The van der Waals surface area contributed by atoms with Gasteiger partial charge in [0.05, 0.1) is 11.1 Å². The second-order valence-corrected chi connectivity index (χ2v) is 7.22. The van der Waals surface area contributed by atoms with E-state index in [2.05, 4.69) is 25.9 Å². The standard InChI is InChI=1S/C18H16BrN5O3/c19-12-2-3-13-14(10-12)17(27)24(16(13)26)11-15(25)22-6-8-23(9-7-22)18-20-4-1-5-21-18/h1-5,10H,6-9,11H2. The second-order valence-electron chi connectivity index (χ2n) is 6.30. The molecule has 2 aliphatic heterocycles. The normalized spacial score (nSPS) is 16.7. The Morgan fingerprint density at radius 2 is 1.67 bits per heavy atom. The quantitative estimate of drug-likeness (QED) is 0.680. The molecule has 0 bridgehead atoms. The predicted molar refractivity (Wildman–Crippen MR) is 100 cm³/mol. The highest BCUT2D eigenvalue weighted by molar-refractivity contribution is 9.10. The van der Waals surface area contributed by atoms with Crippen LogP contribution in [0.1, 0.15) is 20.7 Å². The Morgan fingerprint density at radius 1 is 1.00 bits per heavy atom. The van der Waals surface area contributed by atoms with Crippen LogP contribution in [0.4, 0.5) is 5.95 Å². The fraction of sp³-hybridized carbons (Fsp3) is 0.278. The Bertz CT molecular complexity index is 912. The van der Waals surface area contributed by atoms with E-state index in [9.17, 15) is 14.4 Å². The second kappa shape index (κ2) is 7.07. The molecule has 0 saturated carbocycles. The van der Waals surface area contributed by atoms with Crippen LogP contribution < -0.4 is 4.90 Å². The molecule has 0 N–H and O–H groups in total. The summed E-state index contributed by atoms with van der Waals surface area (Å²) in [6, 6.07) is 6.67. The molecule has 0 spiro atoms. The maximum absolute atomic E-state index is 12.6. The van der Waals surface area contributed by atoms with Crippen LogP contribution in [0.3, 0.4) is 0 Å². The highest BCUT2D eigenvalue weighted by Crippen LogP contribution is 2.26. The maximum atomic E-state index is 12.6. The molecule has 8 nitrogen and oxygen atoms in total. The monoisotopic (exact) mass is 429 g/mol. The zero-order valence-electron chi connectivity index (χ0n) is 14.3. The van der Waals surface area contributed by atoms with Gasteiger partial charge < -0.3 is 9.80 Å². The van der Waals surface area contributed by atoms with E-state index in [4.69, 9.17) is 0 Å². The first kappa shape index (κ1) is 17.6. The van der Waals surface area contributed by atoms with E-state index in [1.54, 1.807) is 41.6 Å².